The average Bonchev–Trinajstić information content (AvgIpc) is 2.67. The van der Waals surface area contributed by atoms with Crippen LogP contribution in [0, 0.1) is 6.92 Å². The van der Waals surface area contributed by atoms with Gasteiger partial charge in [0.05, 0.1) is 5.56 Å². The van der Waals surface area contributed by atoms with Crippen molar-refractivity contribution in [1.29, 1.82) is 0 Å². The molecular weight excluding hydrogens is 336 g/mol. The molecule has 0 aliphatic heterocycles. The molecule has 0 atom stereocenters. The van der Waals surface area contributed by atoms with Crippen molar-refractivity contribution in [1.82, 2.24) is 9.97 Å². The van der Waals surface area contributed by atoms with Gasteiger partial charge in [-0.2, -0.15) is 0 Å². The van der Waals surface area contributed by atoms with Gasteiger partial charge in [0.1, 0.15) is 0 Å². The van der Waals surface area contributed by atoms with E-state index in [1.165, 1.54) is 5.56 Å². The highest BCUT2D eigenvalue weighted by Gasteiger charge is 2.11. The maximum atomic E-state index is 12.5. The molecule has 1 heterocycles. The summed E-state index contributed by atoms with van der Waals surface area (Å²) in [6.07, 6.45) is 3.08. The zero-order valence-electron chi connectivity index (χ0n) is 15.9. The molecule has 138 valence electrons. The number of carbonyl (C=O) groups excluding carboxylic acids is 1. The van der Waals surface area contributed by atoms with Crippen LogP contribution in [0.2, 0.25) is 0 Å². The van der Waals surface area contributed by atoms with E-state index < -0.39 is 0 Å². The van der Waals surface area contributed by atoms with Crippen molar-refractivity contribution in [3.8, 4) is 0 Å². The van der Waals surface area contributed by atoms with E-state index in [1.807, 2.05) is 36.4 Å². The van der Waals surface area contributed by atoms with Crippen LogP contribution in [0.3, 0.4) is 0 Å². The van der Waals surface area contributed by atoms with Crippen LogP contribution in [-0.4, -0.2) is 15.9 Å². The highest BCUT2D eigenvalue weighted by atomic mass is 16.1. The fourth-order valence-corrected chi connectivity index (χ4v) is 2.85. The van der Waals surface area contributed by atoms with Crippen LogP contribution in [0.5, 0.6) is 0 Å². The van der Waals surface area contributed by atoms with Crippen LogP contribution >= 0.6 is 0 Å². The first-order chi connectivity index (χ1) is 13.0. The Bertz CT molecular complexity index is 920. The number of benzene rings is 2. The molecule has 0 aliphatic rings. The smallest absolute Gasteiger partial charge is 0.258 e. The van der Waals surface area contributed by atoms with Crippen LogP contribution in [0.15, 0.2) is 60.9 Å². The van der Waals surface area contributed by atoms with Crippen molar-refractivity contribution in [2.75, 3.05) is 10.6 Å². The molecule has 3 aromatic rings. The fraction of sp³-hybridized carbons (Fsp3) is 0.227. The fourth-order valence-electron chi connectivity index (χ4n) is 2.85. The van der Waals surface area contributed by atoms with Gasteiger partial charge in [0.2, 0.25) is 5.95 Å². The summed E-state index contributed by atoms with van der Waals surface area (Å²) in [4.78, 5) is 21.0. The van der Waals surface area contributed by atoms with E-state index in [0.29, 0.717) is 24.0 Å². The number of nitrogens with zero attached hydrogens (tertiary/aromatic N) is 2. The first kappa shape index (κ1) is 18.6. The van der Waals surface area contributed by atoms with E-state index in [-0.39, 0.29) is 5.91 Å². The topological polar surface area (TPSA) is 66.9 Å². The van der Waals surface area contributed by atoms with Gasteiger partial charge in [0.25, 0.3) is 5.91 Å². The predicted octanol–water partition coefficient (Wildman–Crippen LogP) is 4.77. The molecule has 0 bridgehead atoms. The monoisotopic (exact) mass is 360 g/mol. The zero-order chi connectivity index (χ0) is 19.2. The van der Waals surface area contributed by atoms with Crippen LogP contribution in [0.1, 0.15) is 46.8 Å². The van der Waals surface area contributed by atoms with E-state index in [9.17, 15) is 4.79 Å². The molecule has 0 saturated heterocycles. The number of amides is 1. The number of aromatic nitrogens is 2. The summed E-state index contributed by atoms with van der Waals surface area (Å²) in [5.74, 6) is 0.606. The molecule has 5 heteroatoms. The molecule has 0 aliphatic carbocycles. The van der Waals surface area contributed by atoms with Gasteiger partial charge in [0, 0.05) is 24.6 Å². The molecule has 3 rings (SSSR count). The summed E-state index contributed by atoms with van der Waals surface area (Å²) >= 11 is 0. The van der Waals surface area contributed by atoms with E-state index in [1.54, 1.807) is 12.4 Å². The standard InChI is InChI=1S/C22H24N4O/c1-15(2)19-9-4-5-10-20(19)26-21(27)18-13-24-22(25-14-18)23-12-17-8-6-7-16(3)11-17/h4-11,13-15H,12H2,1-3H3,(H,26,27)(H,23,24,25). The zero-order valence-corrected chi connectivity index (χ0v) is 15.9. The van der Waals surface area contributed by atoms with Gasteiger partial charge < -0.3 is 10.6 Å². The van der Waals surface area contributed by atoms with E-state index in [4.69, 9.17) is 0 Å². The van der Waals surface area contributed by atoms with Gasteiger partial charge in [-0.25, -0.2) is 9.97 Å². The van der Waals surface area contributed by atoms with Crippen molar-refractivity contribution >= 4 is 17.5 Å². The van der Waals surface area contributed by atoms with Gasteiger partial charge in [-0.1, -0.05) is 61.9 Å². The minimum absolute atomic E-state index is 0.215. The lowest BCUT2D eigenvalue weighted by Gasteiger charge is -2.13. The number of hydrogen-bond donors (Lipinski definition) is 2. The van der Waals surface area contributed by atoms with E-state index >= 15 is 0 Å². The van der Waals surface area contributed by atoms with Gasteiger partial charge in [-0.15, -0.1) is 0 Å². The molecule has 0 fully saturated rings. The lowest BCUT2D eigenvalue weighted by atomic mass is 10.0. The summed E-state index contributed by atoms with van der Waals surface area (Å²) < 4.78 is 0. The number of nitrogens with one attached hydrogen (secondary N) is 2. The summed E-state index contributed by atoms with van der Waals surface area (Å²) in [5, 5.41) is 6.13. The van der Waals surface area contributed by atoms with Gasteiger partial charge in [0.15, 0.2) is 0 Å². The first-order valence-electron chi connectivity index (χ1n) is 9.04. The number of aryl methyl sites for hydroxylation is 1. The third kappa shape index (κ3) is 4.91. The summed E-state index contributed by atoms with van der Waals surface area (Å²) in [6, 6.07) is 16.1. The van der Waals surface area contributed by atoms with Crippen LogP contribution in [-0.2, 0) is 6.54 Å². The Morgan fingerprint density at radius 1 is 1.04 bits per heavy atom. The molecule has 2 N–H and O–H groups in total. The Morgan fingerprint density at radius 3 is 2.48 bits per heavy atom. The maximum absolute atomic E-state index is 12.5. The Kier molecular flexibility index (Phi) is 5.81. The number of para-hydroxylation sites is 1. The second-order valence-corrected chi connectivity index (χ2v) is 6.83. The molecule has 0 spiro atoms. The molecule has 1 amide bonds. The Balaban J connectivity index is 1.64. The maximum Gasteiger partial charge on any atom is 0.258 e. The highest BCUT2D eigenvalue weighted by Crippen LogP contribution is 2.24. The van der Waals surface area contributed by atoms with Crippen molar-refractivity contribution in [3.05, 3.63) is 83.2 Å². The Labute approximate surface area is 159 Å². The number of carbonyl (C=O) groups is 1. The van der Waals surface area contributed by atoms with Crippen molar-refractivity contribution in [2.24, 2.45) is 0 Å². The lowest BCUT2D eigenvalue weighted by molar-refractivity contribution is 0.102. The molecule has 0 saturated carbocycles. The largest absolute Gasteiger partial charge is 0.350 e. The van der Waals surface area contributed by atoms with Crippen molar-refractivity contribution in [2.45, 2.75) is 33.2 Å². The molecule has 0 radical (unpaired) electrons. The van der Waals surface area contributed by atoms with Crippen LogP contribution < -0.4 is 10.6 Å². The molecule has 2 aromatic carbocycles. The summed E-state index contributed by atoms with van der Waals surface area (Å²) in [6.45, 7) is 6.89. The quantitative estimate of drug-likeness (QED) is 0.664. The predicted molar refractivity (Wildman–Crippen MR) is 109 cm³/mol. The second-order valence-electron chi connectivity index (χ2n) is 6.83. The third-order valence-electron chi connectivity index (χ3n) is 4.28. The minimum Gasteiger partial charge on any atom is -0.350 e. The number of hydrogen-bond acceptors (Lipinski definition) is 4. The number of rotatable bonds is 6. The minimum atomic E-state index is -0.215. The molecule has 1 aromatic heterocycles. The third-order valence-corrected chi connectivity index (χ3v) is 4.28. The molecule has 27 heavy (non-hydrogen) atoms. The molecule has 5 nitrogen and oxygen atoms in total. The lowest BCUT2D eigenvalue weighted by Crippen LogP contribution is -2.15. The Hall–Kier alpha value is -3.21. The van der Waals surface area contributed by atoms with Crippen molar-refractivity contribution in [3.63, 3.8) is 0 Å². The average molecular weight is 360 g/mol. The normalized spacial score (nSPS) is 10.7. The SMILES string of the molecule is Cc1cccc(CNc2ncc(C(=O)Nc3ccccc3C(C)C)cn2)c1. The van der Waals surface area contributed by atoms with Crippen LogP contribution in [0.4, 0.5) is 11.6 Å². The highest BCUT2D eigenvalue weighted by molar-refractivity contribution is 6.04. The molecule has 0 unspecified atom stereocenters. The van der Waals surface area contributed by atoms with Crippen LogP contribution in [0.25, 0.3) is 0 Å². The van der Waals surface area contributed by atoms with Gasteiger partial charge in [-0.05, 0) is 30.0 Å². The second kappa shape index (κ2) is 8.45. The van der Waals surface area contributed by atoms with Gasteiger partial charge in [-0.3, -0.25) is 4.79 Å². The molecular formula is C22H24N4O. The summed E-state index contributed by atoms with van der Waals surface area (Å²) in [5.41, 5.74) is 4.71. The van der Waals surface area contributed by atoms with Gasteiger partial charge >= 0.3 is 0 Å². The first-order valence-corrected chi connectivity index (χ1v) is 9.04. The van der Waals surface area contributed by atoms with Crippen molar-refractivity contribution < 1.29 is 4.79 Å². The van der Waals surface area contributed by atoms with E-state index in [0.717, 1.165) is 16.8 Å². The summed E-state index contributed by atoms with van der Waals surface area (Å²) in [7, 11) is 0. The Morgan fingerprint density at radius 2 is 1.78 bits per heavy atom. The number of anilines is 2. The van der Waals surface area contributed by atoms with E-state index in [2.05, 4.69) is 53.5 Å².